The second kappa shape index (κ2) is 4.76. The number of aromatic hydroxyl groups is 1. The maximum Gasteiger partial charge on any atom is 0.511 e. The van der Waals surface area contributed by atoms with Crippen LogP contribution >= 0.6 is 0 Å². The maximum atomic E-state index is 10.7. The number of carboxylic acid groups (broad SMARTS) is 1. The first-order valence-electron chi connectivity index (χ1n) is 6.21. The number of benzene rings is 1. The topological polar surface area (TPSA) is 66.8 Å². The second-order valence-electron chi connectivity index (χ2n) is 6.74. The Hall–Kier alpha value is -1.71. The average molecular weight is 266 g/mol. The number of carbonyl (C=O) groups is 1. The van der Waals surface area contributed by atoms with Gasteiger partial charge in [-0.15, -0.1) is 0 Å². The molecular formula is C15H22O4. The van der Waals surface area contributed by atoms with E-state index in [9.17, 15) is 9.90 Å². The molecule has 0 unspecified atom stereocenters. The van der Waals surface area contributed by atoms with Crippen LogP contribution in [0.3, 0.4) is 0 Å². The van der Waals surface area contributed by atoms with Gasteiger partial charge in [-0.1, -0.05) is 47.6 Å². The summed E-state index contributed by atoms with van der Waals surface area (Å²) in [5, 5.41) is 18.9. The van der Waals surface area contributed by atoms with Gasteiger partial charge in [0.1, 0.15) is 0 Å². The summed E-state index contributed by atoms with van der Waals surface area (Å²) in [6.45, 7) is 11.9. The van der Waals surface area contributed by atoms with Crippen LogP contribution in [-0.2, 0) is 10.8 Å². The molecule has 0 aromatic heterocycles. The fourth-order valence-corrected chi connectivity index (χ4v) is 1.78. The standard InChI is InChI=1S/C15H22O4/c1-14(2,3)9-7-10(15(4,5)6)12(16)11(8-9)19-13(17)18/h7-8,16H,1-6H3,(H,17,18). The molecule has 0 fully saturated rings. The molecule has 1 rings (SSSR count). The summed E-state index contributed by atoms with van der Waals surface area (Å²) >= 11 is 0. The van der Waals surface area contributed by atoms with Crippen molar-refractivity contribution in [3.63, 3.8) is 0 Å². The van der Waals surface area contributed by atoms with E-state index in [1.165, 1.54) is 0 Å². The lowest BCUT2D eigenvalue weighted by atomic mass is 9.80. The van der Waals surface area contributed by atoms with Gasteiger partial charge >= 0.3 is 6.16 Å². The molecule has 0 radical (unpaired) electrons. The predicted octanol–water partition coefficient (Wildman–Crippen LogP) is 4.04. The fraction of sp³-hybridized carbons (Fsp3) is 0.533. The Labute approximate surface area is 114 Å². The molecule has 0 saturated carbocycles. The normalized spacial score (nSPS) is 12.3. The zero-order valence-corrected chi connectivity index (χ0v) is 12.4. The summed E-state index contributed by atoms with van der Waals surface area (Å²) in [6.07, 6.45) is -1.43. The van der Waals surface area contributed by atoms with Gasteiger partial charge in [-0.3, -0.25) is 0 Å². The average Bonchev–Trinajstić information content (AvgIpc) is 2.16. The Balaban J connectivity index is 3.52. The maximum absolute atomic E-state index is 10.7. The van der Waals surface area contributed by atoms with Crippen LogP contribution in [-0.4, -0.2) is 16.4 Å². The van der Waals surface area contributed by atoms with Gasteiger partial charge in [-0.2, -0.15) is 0 Å². The fourth-order valence-electron chi connectivity index (χ4n) is 1.78. The first kappa shape index (κ1) is 15.3. The van der Waals surface area contributed by atoms with Crippen LogP contribution in [0.4, 0.5) is 4.79 Å². The van der Waals surface area contributed by atoms with Crippen LogP contribution in [0.2, 0.25) is 0 Å². The number of rotatable bonds is 1. The molecule has 0 aliphatic heterocycles. The van der Waals surface area contributed by atoms with Gasteiger partial charge in [-0.25, -0.2) is 4.79 Å². The van der Waals surface area contributed by atoms with E-state index in [-0.39, 0.29) is 22.3 Å². The highest BCUT2D eigenvalue weighted by molar-refractivity contribution is 5.65. The lowest BCUT2D eigenvalue weighted by Crippen LogP contribution is -2.17. The van der Waals surface area contributed by atoms with Crippen LogP contribution in [0.15, 0.2) is 12.1 Å². The van der Waals surface area contributed by atoms with E-state index >= 15 is 0 Å². The molecule has 0 aliphatic rings. The summed E-state index contributed by atoms with van der Waals surface area (Å²) in [7, 11) is 0. The second-order valence-corrected chi connectivity index (χ2v) is 6.74. The minimum atomic E-state index is -1.43. The molecule has 0 spiro atoms. The van der Waals surface area contributed by atoms with Crippen LogP contribution in [0, 0.1) is 0 Å². The lowest BCUT2D eigenvalue weighted by molar-refractivity contribution is 0.142. The van der Waals surface area contributed by atoms with Crippen molar-refractivity contribution in [2.45, 2.75) is 52.4 Å². The molecule has 19 heavy (non-hydrogen) atoms. The quantitative estimate of drug-likeness (QED) is 0.594. The molecule has 4 heteroatoms. The number of hydrogen-bond donors (Lipinski definition) is 2. The molecule has 106 valence electrons. The Morgan fingerprint density at radius 1 is 1.05 bits per heavy atom. The number of hydrogen-bond acceptors (Lipinski definition) is 3. The van der Waals surface area contributed by atoms with Gasteiger partial charge in [0.05, 0.1) is 0 Å². The van der Waals surface area contributed by atoms with E-state index in [4.69, 9.17) is 5.11 Å². The highest BCUT2D eigenvalue weighted by Crippen LogP contribution is 2.41. The van der Waals surface area contributed by atoms with E-state index in [0.29, 0.717) is 5.56 Å². The minimum Gasteiger partial charge on any atom is -0.504 e. The van der Waals surface area contributed by atoms with Crippen LogP contribution in [0.1, 0.15) is 52.7 Å². The zero-order chi connectivity index (χ0) is 15.0. The van der Waals surface area contributed by atoms with E-state index < -0.39 is 6.16 Å². The third-order valence-corrected chi connectivity index (χ3v) is 2.95. The minimum absolute atomic E-state index is 0.00940. The lowest BCUT2D eigenvalue weighted by Gasteiger charge is -2.26. The van der Waals surface area contributed by atoms with Crippen molar-refractivity contribution in [2.75, 3.05) is 0 Å². The van der Waals surface area contributed by atoms with Crippen molar-refractivity contribution in [2.24, 2.45) is 0 Å². The van der Waals surface area contributed by atoms with Crippen molar-refractivity contribution in [1.29, 1.82) is 0 Å². The third-order valence-electron chi connectivity index (χ3n) is 2.95. The molecule has 1 aromatic rings. The molecule has 2 N–H and O–H groups in total. The van der Waals surface area contributed by atoms with E-state index in [0.717, 1.165) is 5.56 Å². The van der Waals surface area contributed by atoms with Gasteiger partial charge in [0, 0.05) is 5.56 Å². The highest BCUT2D eigenvalue weighted by Gasteiger charge is 2.26. The van der Waals surface area contributed by atoms with E-state index in [2.05, 4.69) is 4.74 Å². The Kier molecular flexibility index (Phi) is 3.84. The van der Waals surface area contributed by atoms with Crippen molar-refractivity contribution in [3.8, 4) is 11.5 Å². The summed E-state index contributed by atoms with van der Waals surface area (Å²) in [4.78, 5) is 10.7. The van der Waals surface area contributed by atoms with E-state index in [1.54, 1.807) is 6.07 Å². The molecule has 1 aromatic carbocycles. The Bertz CT molecular complexity index is 490. The summed E-state index contributed by atoms with van der Waals surface area (Å²) in [6, 6.07) is 3.49. The Morgan fingerprint density at radius 2 is 1.58 bits per heavy atom. The van der Waals surface area contributed by atoms with Crippen molar-refractivity contribution in [1.82, 2.24) is 0 Å². The zero-order valence-electron chi connectivity index (χ0n) is 12.4. The number of phenolic OH excluding ortho intramolecular Hbond substituents is 1. The SMILES string of the molecule is CC(C)(C)c1cc(OC(=O)O)c(O)c(C(C)(C)C)c1. The van der Waals surface area contributed by atoms with Crippen molar-refractivity contribution in [3.05, 3.63) is 23.3 Å². The molecular weight excluding hydrogens is 244 g/mol. The first-order chi connectivity index (χ1) is 8.43. The van der Waals surface area contributed by atoms with E-state index in [1.807, 2.05) is 47.6 Å². The monoisotopic (exact) mass is 266 g/mol. The summed E-state index contributed by atoms with van der Waals surface area (Å²) in [5.74, 6) is -0.118. The van der Waals surface area contributed by atoms with Gasteiger partial charge in [0.15, 0.2) is 11.5 Å². The van der Waals surface area contributed by atoms with Gasteiger partial charge < -0.3 is 14.9 Å². The number of ether oxygens (including phenoxy) is 1. The van der Waals surface area contributed by atoms with Gasteiger partial charge in [-0.05, 0) is 22.5 Å². The van der Waals surface area contributed by atoms with Gasteiger partial charge in [0.25, 0.3) is 0 Å². The molecule has 0 heterocycles. The molecule has 0 amide bonds. The first-order valence-corrected chi connectivity index (χ1v) is 6.21. The van der Waals surface area contributed by atoms with Crippen molar-refractivity contribution >= 4 is 6.16 Å². The Morgan fingerprint density at radius 3 is 1.95 bits per heavy atom. The largest absolute Gasteiger partial charge is 0.511 e. The molecule has 0 saturated heterocycles. The van der Waals surface area contributed by atoms with Crippen molar-refractivity contribution < 1.29 is 19.7 Å². The summed E-state index contributed by atoms with van der Waals surface area (Å²) < 4.78 is 4.68. The predicted molar refractivity (Wildman–Crippen MR) is 74.2 cm³/mol. The van der Waals surface area contributed by atoms with Crippen LogP contribution in [0.5, 0.6) is 11.5 Å². The molecule has 0 bridgehead atoms. The molecule has 0 aliphatic carbocycles. The van der Waals surface area contributed by atoms with Crippen LogP contribution < -0.4 is 4.74 Å². The third kappa shape index (κ3) is 3.63. The number of phenols is 1. The van der Waals surface area contributed by atoms with Crippen LogP contribution in [0.25, 0.3) is 0 Å². The highest BCUT2D eigenvalue weighted by atomic mass is 16.7. The van der Waals surface area contributed by atoms with Gasteiger partial charge in [0.2, 0.25) is 0 Å². The molecule has 0 atom stereocenters. The smallest absolute Gasteiger partial charge is 0.504 e. The summed E-state index contributed by atoms with van der Waals surface area (Å²) in [5.41, 5.74) is 1.13. The molecule has 4 nitrogen and oxygen atoms in total.